The molecule has 0 aromatic carbocycles. The summed E-state index contributed by atoms with van der Waals surface area (Å²) >= 11 is 0. The number of likely N-dealkylation sites (N-methyl/N-ethyl adjacent to an activating group) is 1. The van der Waals surface area contributed by atoms with Crippen LogP contribution in [0, 0.1) is 0 Å². The van der Waals surface area contributed by atoms with Gasteiger partial charge in [-0.1, -0.05) is 0 Å². The summed E-state index contributed by atoms with van der Waals surface area (Å²) in [4.78, 5) is 13.8. The van der Waals surface area contributed by atoms with Crippen molar-refractivity contribution in [1.29, 1.82) is 0 Å². The van der Waals surface area contributed by atoms with Gasteiger partial charge in [-0.3, -0.25) is 9.48 Å². The van der Waals surface area contributed by atoms with Crippen molar-refractivity contribution in [3.8, 4) is 0 Å². The summed E-state index contributed by atoms with van der Waals surface area (Å²) in [5, 5.41) is 14.3. The quantitative estimate of drug-likeness (QED) is 0.793. The normalized spacial score (nSPS) is 25.8. The number of carbonyl (C=O) groups excluding carboxylic acids is 1. The lowest BCUT2D eigenvalue weighted by Crippen LogP contribution is -2.56. The van der Waals surface area contributed by atoms with Crippen LogP contribution < -0.4 is 0 Å². The van der Waals surface area contributed by atoms with Crippen LogP contribution in [0.5, 0.6) is 0 Å². The Hall–Kier alpha value is -1.44. The van der Waals surface area contributed by atoms with Crippen LogP contribution in [0.15, 0.2) is 18.5 Å². The fraction of sp³-hybridized carbons (Fsp3) is 0.714. The van der Waals surface area contributed by atoms with Gasteiger partial charge < -0.3 is 19.5 Å². The molecule has 1 saturated heterocycles. The fourth-order valence-electron chi connectivity index (χ4n) is 2.48. The van der Waals surface area contributed by atoms with Crippen LogP contribution in [0.1, 0.15) is 12.8 Å². The van der Waals surface area contributed by atoms with Gasteiger partial charge in [-0.2, -0.15) is 5.10 Å². The van der Waals surface area contributed by atoms with E-state index in [1.807, 2.05) is 12.3 Å². The van der Waals surface area contributed by atoms with Crippen molar-refractivity contribution >= 4 is 5.91 Å². The Labute approximate surface area is 124 Å². The van der Waals surface area contributed by atoms with Gasteiger partial charge in [0.15, 0.2) is 0 Å². The number of ether oxygens (including phenoxy) is 2. The summed E-state index contributed by atoms with van der Waals surface area (Å²) in [6, 6.07) is 1.50. The molecule has 1 amide bonds. The number of aliphatic hydroxyl groups is 1. The number of amides is 1. The maximum absolute atomic E-state index is 12.2. The van der Waals surface area contributed by atoms with Crippen LogP contribution in [0.3, 0.4) is 0 Å². The Morgan fingerprint density at radius 3 is 3.05 bits per heavy atom. The minimum atomic E-state index is -0.719. The molecule has 0 unspecified atom stereocenters. The highest BCUT2D eigenvalue weighted by Gasteiger charge is 2.36. The van der Waals surface area contributed by atoms with Gasteiger partial charge in [0, 0.05) is 39.5 Å². The highest BCUT2D eigenvalue weighted by atomic mass is 16.5. The number of carbonyl (C=O) groups is 1. The molecule has 1 N–H and O–H groups in total. The molecule has 7 heteroatoms. The van der Waals surface area contributed by atoms with Crippen molar-refractivity contribution in [2.24, 2.45) is 0 Å². The largest absolute Gasteiger partial charge is 0.388 e. The van der Waals surface area contributed by atoms with Crippen LogP contribution in [0.4, 0.5) is 0 Å². The van der Waals surface area contributed by atoms with Crippen molar-refractivity contribution < 1.29 is 19.4 Å². The van der Waals surface area contributed by atoms with Gasteiger partial charge in [-0.05, 0) is 12.5 Å². The second kappa shape index (κ2) is 7.53. The lowest BCUT2D eigenvalue weighted by molar-refractivity contribution is -0.158. The number of aromatic nitrogens is 2. The molecule has 0 aliphatic carbocycles. The summed E-state index contributed by atoms with van der Waals surface area (Å²) in [5.74, 6) is -0.00782. The van der Waals surface area contributed by atoms with E-state index >= 15 is 0 Å². The predicted octanol–water partition coefficient (Wildman–Crippen LogP) is -0.104. The number of hydrogen-bond donors (Lipinski definition) is 1. The number of aliphatic hydroxyl groups excluding tert-OH is 1. The van der Waals surface area contributed by atoms with Gasteiger partial charge in [0.1, 0.15) is 12.2 Å². The molecule has 118 valence electrons. The first kappa shape index (κ1) is 15.9. The molecule has 0 saturated carbocycles. The molecule has 7 nitrogen and oxygen atoms in total. The van der Waals surface area contributed by atoms with Crippen molar-refractivity contribution in [1.82, 2.24) is 14.7 Å². The molecule has 2 rings (SSSR count). The number of nitrogens with zero attached hydrogens (tertiary/aromatic N) is 3. The lowest BCUT2D eigenvalue weighted by Gasteiger charge is -2.38. The second-order valence-electron chi connectivity index (χ2n) is 5.25. The smallest absolute Gasteiger partial charge is 0.222 e. The minimum absolute atomic E-state index is 0.00782. The van der Waals surface area contributed by atoms with E-state index in [1.165, 1.54) is 7.11 Å². The summed E-state index contributed by atoms with van der Waals surface area (Å²) < 4.78 is 12.4. The van der Waals surface area contributed by atoms with Gasteiger partial charge in [-0.15, -0.1) is 0 Å². The molecule has 0 bridgehead atoms. The zero-order valence-electron chi connectivity index (χ0n) is 12.5. The van der Waals surface area contributed by atoms with Gasteiger partial charge in [0.05, 0.1) is 19.3 Å². The topological polar surface area (TPSA) is 76.8 Å². The molecular formula is C14H23N3O4. The van der Waals surface area contributed by atoms with E-state index in [1.54, 1.807) is 22.8 Å². The van der Waals surface area contributed by atoms with E-state index in [2.05, 4.69) is 5.10 Å². The summed E-state index contributed by atoms with van der Waals surface area (Å²) in [6.45, 7) is 1.40. The van der Waals surface area contributed by atoms with Crippen molar-refractivity contribution in [3.05, 3.63) is 18.5 Å². The third-order valence-corrected chi connectivity index (χ3v) is 3.88. The molecule has 0 spiro atoms. The van der Waals surface area contributed by atoms with E-state index < -0.39 is 6.10 Å². The molecular weight excluding hydrogens is 274 g/mol. The predicted molar refractivity (Wildman–Crippen MR) is 75.6 cm³/mol. The van der Waals surface area contributed by atoms with E-state index in [-0.39, 0.29) is 18.1 Å². The summed E-state index contributed by atoms with van der Waals surface area (Å²) in [7, 11) is 3.23. The average Bonchev–Trinajstić information content (AvgIpc) is 3.00. The molecule has 2 heterocycles. The molecule has 1 aromatic heterocycles. The van der Waals surface area contributed by atoms with Crippen molar-refractivity contribution in [2.75, 3.05) is 27.4 Å². The molecule has 1 aliphatic rings. The van der Waals surface area contributed by atoms with Crippen molar-refractivity contribution in [2.45, 2.75) is 37.6 Å². The number of rotatable bonds is 6. The lowest BCUT2D eigenvalue weighted by atomic mass is 10.0. The summed E-state index contributed by atoms with van der Waals surface area (Å²) in [6.07, 6.45) is 3.61. The van der Waals surface area contributed by atoms with Gasteiger partial charge in [0.25, 0.3) is 0 Å². The maximum atomic E-state index is 12.2. The van der Waals surface area contributed by atoms with Crippen LogP contribution in [0.2, 0.25) is 0 Å². The highest BCUT2D eigenvalue weighted by molar-refractivity contribution is 5.76. The number of hydrogen-bond acceptors (Lipinski definition) is 5. The van der Waals surface area contributed by atoms with E-state index in [9.17, 15) is 9.90 Å². The zero-order valence-corrected chi connectivity index (χ0v) is 12.5. The monoisotopic (exact) mass is 297 g/mol. The first-order valence-electron chi connectivity index (χ1n) is 7.15. The Kier molecular flexibility index (Phi) is 5.72. The standard InChI is InChI=1S/C14H23N3O4/c1-16(11-9-21-10-12(20-2)14(11)19)13(18)5-3-7-17-8-4-6-15-17/h4,6,8,11-12,14,19H,3,5,7,9-10H2,1-2H3/t11-,12-,14+/m1/s1. The van der Waals surface area contributed by atoms with Crippen LogP contribution >= 0.6 is 0 Å². The Balaban J connectivity index is 1.80. The Morgan fingerprint density at radius 1 is 1.57 bits per heavy atom. The van der Waals surface area contributed by atoms with Crippen molar-refractivity contribution in [3.63, 3.8) is 0 Å². The fourth-order valence-corrected chi connectivity index (χ4v) is 2.48. The average molecular weight is 297 g/mol. The van der Waals surface area contributed by atoms with Crippen LogP contribution in [0.25, 0.3) is 0 Å². The highest BCUT2D eigenvalue weighted by Crippen LogP contribution is 2.17. The SMILES string of the molecule is CO[C@@H]1COC[C@@H](N(C)C(=O)CCCn2cccn2)[C@@H]1O. The molecule has 21 heavy (non-hydrogen) atoms. The Bertz CT molecular complexity index is 437. The van der Waals surface area contributed by atoms with Gasteiger partial charge >= 0.3 is 0 Å². The Morgan fingerprint density at radius 2 is 2.38 bits per heavy atom. The minimum Gasteiger partial charge on any atom is -0.388 e. The second-order valence-corrected chi connectivity index (χ2v) is 5.25. The summed E-state index contributed by atoms with van der Waals surface area (Å²) in [5.41, 5.74) is 0. The van der Waals surface area contributed by atoms with Gasteiger partial charge in [-0.25, -0.2) is 0 Å². The van der Waals surface area contributed by atoms with E-state index in [0.29, 0.717) is 32.6 Å². The first-order valence-corrected chi connectivity index (χ1v) is 7.15. The number of aryl methyl sites for hydroxylation is 1. The van der Waals surface area contributed by atoms with E-state index in [4.69, 9.17) is 9.47 Å². The molecule has 1 fully saturated rings. The zero-order chi connectivity index (χ0) is 15.2. The first-order chi connectivity index (χ1) is 10.1. The van der Waals surface area contributed by atoms with E-state index in [0.717, 1.165) is 0 Å². The molecule has 3 atom stereocenters. The molecule has 1 aliphatic heterocycles. The number of methoxy groups -OCH3 is 1. The van der Waals surface area contributed by atoms with Gasteiger partial charge in [0.2, 0.25) is 5.91 Å². The van der Waals surface area contributed by atoms with Crippen LogP contribution in [-0.2, 0) is 20.8 Å². The van der Waals surface area contributed by atoms with Crippen LogP contribution in [-0.4, -0.2) is 71.3 Å². The third-order valence-electron chi connectivity index (χ3n) is 3.88. The maximum Gasteiger partial charge on any atom is 0.222 e. The molecule has 1 aromatic rings. The third kappa shape index (κ3) is 4.03. The molecule has 0 radical (unpaired) electrons.